The first-order chi connectivity index (χ1) is 13.5. The minimum Gasteiger partial charge on any atom is -0.326 e. The molecule has 0 spiro atoms. The fourth-order valence-corrected chi connectivity index (χ4v) is 3.37. The minimum absolute atomic E-state index is 0.0977. The number of aromatic nitrogens is 2. The summed E-state index contributed by atoms with van der Waals surface area (Å²) in [4.78, 5) is 29.8. The van der Waals surface area contributed by atoms with Crippen LogP contribution in [0.25, 0.3) is 11.0 Å². The molecule has 6 heteroatoms. The second-order valence-electron chi connectivity index (χ2n) is 6.87. The van der Waals surface area contributed by atoms with Gasteiger partial charge in [-0.25, -0.2) is 4.98 Å². The van der Waals surface area contributed by atoms with Crippen molar-refractivity contribution in [2.75, 3.05) is 5.32 Å². The number of nitrogens with one attached hydrogen (secondary N) is 1. The normalized spacial score (nSPS) is 11.0. The van der Waals surface area contributed by atoms with Gasteiger partial charge in [-0.05, 0) is 49.2 Å². The van der Waals surface area contributed by atoms with E-state index in [9.17, 15) is 9.59 Å². The van der Waals surface area contributed by atoms with E-state index in [4.69, 9.17) is 0 Å². The molecule has 0 unspecified atom stereocenters. The van der Waals surface area contributed by atoms with Crippen LogP contribution in [0.4, 0.5) is 5.69 Å². The topological polar surface area (TPSA) is 64.0 Å². The first-order valence-corrected chi connectivity index (χ1v) is 10.3. The Kier molecular flexibility index (Phi) is 6.62. The number of rotatable bonds is 7. The molecule has 1 amide bonds. The SMILES string of the molecule is CCCCn1c(=O)c(CCC(=O)Nc2ccc(Br)c(C)c2)nc2ccccc21. The van der Waals surface area contributed by atoms with Crippen molar-refractivity contribution in [3.05, 3.63) is 68.5 Å². The Morgan fingerprint density at radius 1 is 1.21 bits per heavy atom. The number of unbranched alkanes of at least 4 members (excludes halogenated alkanes) is 1. The molecule has 0 fully saturated rings. The standard InChI is InChI=1S/C22H24BrN3O2/c1-3-4-13-26-20-8-6-5-7-18(20)25-19(22(26)28)11-12-21(27)24-16-9-10-17(23)15(2)14-16/h5-10,14H,3-4,11-13H2,1-2H3,(H,24,27). The van der Waals surface area contributed by atoms with E-state index in [1.165, 1.54) is 0 Å². The minimum atomic E-state index is -0.129. The van der Waals surface area contributed by atoms with Gasteiger partial charge in [-0.2, -0.15) is 0 Å². The summed E-state index contributed by atoms with van der Waals surface area (Å²) >= 11 is 3.45. The Bertz CT molecular complexity index is 1060. The Labute approximate surface area is 172 Å². The maximum atomic E-state index is 12.9. The molecular weight excluding hydrogens is 418 g/mol. The van der Waals surface area contributed by atoms with E-state index in [1.807, 2.05) is 49.4 Å². The summed E-state index contributed by atoms with van der Waals surface area (Å²) in [5.74, 6) is -0.129. The zero-order valence-electron chi connectivity index (χ0n) is 16.2. The fraction of sp³-hybridized carbons (Fsp3) is 0.318. The number of fused-ring (bicyclic) bond motifs is 1. The molecule has 0 atom stereocenters. The summed E-state index contributed by atoms with van der Waals surface area (Å²) in [7, 11) is 0. The van der Waals surface area contributed by atoms with Crippen molar-refractivity contribution in [2.24, 2.45) is 0 Å². The molecule has 5 nitrogen and oxygen atoms in total. The average molecular weight is 442 g/mol. The zero-order valence-corrected chi connectivity index (χ0v) is 17.8. The molecule has 0 aliphatic rings. The Balaban J connectivity index is 1.78. The van der Waals surface area contributed by atoms with Crippen molar-refractivity contribution in [3.63, 3.8) is 0 Å². The number of para-hydroxylation sites is 2. The third-order valence-electron chi connectivity index (χ3n) is 4.69. The molecule has 0 aliphatic heterocycles. The Morgan fingerprint density at radius 2 is 2.00 bits per heavy atom. The number of halogens is 1. The summed E-state index contributed by atoms with van der Waals surface area (Å²) < 4.78 is 2.79. The van der Waals surface area contributed by atoms with Crippen LogP contribution in [-0.2, 0) is 17.8 Å². The molecule has 1 heterocycles. The van der Waals surface area contributed by atoms with Crippen LogP contribution in [-0.4, -0.2) is 15.5 Å². The largest absolute Gasteiger partial charge is 0.326 e. The molecule has 3 aromatic rings. The molecule has 1 N–H and O–H groups in total. The highest BCUT2D eigenvalue weighted by atomic mass is 79.9. The predicted octanol–water partition coefficient (Wildman–Crippen LogP) is 4.84. The van der Waals surface area contributed by atoms with Crippen LogP contribution >= 0.6 is 15.9 Å². The number of hydrogen-bond acceptors (Lipinski definition) is 3. The van der Waals surface area contributed by atoms with Crippen LogP contribution < -0.4 is 10.9 Å². The van der Waals surface area contributed by atoms with Crippen molar-refractivity contribution in [1.82, 2.24) is 9.55 Å². The molecular formula is C22H24BrN3O2. The third kappa shape index (κ3) is 4.68. The molecule has 0 radical (unpaired) electrons. The highest BCUT2D eigenvalue weighted by molar-refractivity contribution is 9.10. The van der Waals surface area contributed by atoms with Gasteiger partial charge in [0, 0.05) is 29.5 Å². The van der Waals surface area contributed by atoms with Gasteiger partial charge in [-0.1, -0.05) is 41.4 Å². The van der Waals surface area contributed by atoms with Crippen LogP contribution in [0.1, 0.15) is 37.4 Å². The van der Waals surface area contributed by atoms with Gasteiger partial charge < -0.3 is 9.88 Å². The second-order valence-corrected chi connectivity index (χ2v) is 7.72. The molecule has 0 saturated carbocycles. The number of carbonyl (C=O) groups excluding carboxylic acids is 1. The molecule has 2 aromatic carbocycles. The first-order valence-electron chi connectivity index (χ1n) is 9.54. The molecule has 0 saturated heterocycles. The smallest absolute Gasteiger partial charge is 0.272 e. The second kappa shape index (κ2) is 9.15. The Hall–Kier alpha value is -2.47. The molecule has 0 bridgehead atoms. The fourth-order valence-electron chi connectivity index (χ4n) is 3.12. The van der Waals surface area contributed by atoms with Gasteiger partial charge in [0.25, 0.3) is 5.56 Å². The van der Waals surface area contributed by atoms with Crippen LogP contribution in [0.2, 0.25) is 0 Å². The number of benzene rings is 2. The molecule has 0 aliphatic carbocycles. The predicted molar refractivity (Wildman–Crippen MR) is 117 cm³/mol. The van der Waals surface area contributed by atoms with E-state index in [0.29, 0.717) is 18.7 Å². The molecule has 3 rings (SSSR count). The van der Waals surface area contributed by atoms with Crippen molar-refractivity contribution in [2.45, 2.75) is 46.1 Å². The van der Waals surface area contributed by atoms with Crippen LogP contribution in [0, 0.1) is 6.92 Å². The number of aryl methyl sites for hydroxylation is 3. The van der Waals surface area contributed by atoms with E-state index in [2.05, 4.69) is 33.2 Å². The lowest BCUT2D eigenvalue weighted by atomic mass is 10.2. The van der Waals surface area contributed by atoms with E-state index in [1.54, 1.807) is 4.57 Å². The van der Waals surface area contributed by atoms with Gasteiger partial charge in [0.15, 0.2) is 0 Å². The van der Waals surface area contributed by atoms with Gasteiger partial charge in [-0.3, -0.25) is 9.59 Å². The number of hydrogen-bond donors (Lipinski definition) is 1. The lowest BCUT2D eigenvalue weighted by Gasteiger charge is -2.12. The number of anilines is 1. The Morgan fingerprint density at radius 3 is 2.75 bits per heavy atom. The molecule has 1 aromatic heterocycles. The number of amides is 1. The van der Waals surface area contributed by atoms with Crippen LogP contribution in [0.15, 0.2) is 51.7 Å². The van der Waals surface area contributed by atoms with E-state index in [-0.39, 0.29) is 17.9 Å². The summed E-state index contributed by atoms with van der Waals surface area (Å²) in [5, 5.41) is 2.89. The summed E-state index contributed by atoms with van der Waals surface area (Å²) in [6.45, 7) is 4.73. The lowest BCUT2D eigenvalue weighted by molar-refractivity contribution is -0.116. The van der Waals surface area contributed by atoms with E-state index < -0.39 is 0 Å². The van der Waals surface area contributed by atoms with Gasteiger partial charge in [-0.15, -0.1) is 0 Å². The lowest BCUT2D eigenvalue weighted by Crippen LogP contribution is -2.27. The quantitative estimate of drug-likeness (QED) is 0.570. The number of carbonyl (C=O) groups is 1. The summed E-state index contributed by atoms with van der Waals surface area (Å²) in [5.41, 5.74) is 3.78. The van der Waals surface area contributed by atoms with Crippen LogP contribution in [0.5, 0.6) is 0 Å². The first kappa shape index (κ1) is 20.3. The van der Waals surface area contributed by atoms with E-state index >= 15 is 0 Å². The zero-order chi connectivity index (χ0) is 20.1. The maximum absolute atomic E-state index is 12.9. The van der Waals surface area contributed by atoms with Gasteiger partial charge in [0.2, 0.25) is 5.91 Å². The maximum Gasteiger partial charge on any atom is 0.272 e. The highest BCUT2D eigenvalue weighted by Gasteiger charge is 2.12. The summed E-state index contributed by atoms with van der Waals surface area (Å²) in [6.07, 6.45) is 2.46. The van der Waals surface area contributed by atoms with Crippen molar-refractivity contribution in [1.29, 1.82) is 0 Å². The van der Waals surface area contributed by atoms with Crippen LogP contribution in [0.3, 0.4) is 0 Å². The van der Waals surface area contributed by atoms with E-state index in [0.717, 1.165) is 39.6 Å². The molecule has 28 heavy (non-hydrogen) atoms. The van der Waals surface area contributed by atoms with Gasteiger partial charge >= 0.3 is 0 Å². The molecule has 146 valence electrons. The van der Waals surface area contributed by atoms with Crippen molar-refractivity contribution < 1.29 is 4.79 Å². The number of nitrogens with zero attached hydrogens (tertiary/aromatic N) is 2. The summed E-state index contributed by atoms with van der Waals surface area (Å²) in [6, 6.07) is 13.3. The average Bonchev–Trinajstić information content (AvgIpc) is 2.68. The van der Waals surface area contributed by atoms with Crippen molar-refractivity contribution >= 4 is 38.6 Å². The third-order valence-corrected chi connectivity index (χ3v) is 5.58. The monoisotopic (exact) mass is 441 g/mol. The highest BCUT2D eigenvalue weighted by Crippen LogP contribution is 2.20. The van der Waals surface area contributed by atoms with Gasteiger partial charge in [0.05, 0.1) is 11.0 Å². The van der Waals surface area contributed by atoms with Gasteiger partial charge in [0.1, 0.15) is 5.69 Å². The van der Waals surface area contributed by atoms with Crippen molar-refractivity contribution in [3.8, 4) is 0 Å².